The molecule has 1 heterocycles. The molecule has 1 aromatic rings. The molecule has 7 atom stereocenters. The molecule has 4 aliphatic carbocycles. The summed E-state index contributed by atoms with van der Waals surface area (Å²) in [4.78, 5) is 23.0. The number of para-hydroxylation sites is 1. The van der Waals surface area contributed by atoms with Gasteiger partial charge in [0.2, 0.25) is 0 Å². The largest absolute Gasteiger partial charge is 0.414 e. The van der Waals surface area contributed by atoms with Crippen molar-refractivity contribution in [1.82, 2.24) is 0 Å². The number of azo groups is 1. The first-order valence-electron chi connectivity index (χ1n) is 18.8. The molecule has 0 saturated heterocycles. The number of aliphatic hydroxyl groups excluding tert-OH is 1. The lowest BCUT2D eigenvalue weighted by atomic mass is 9.50. The number of nitrogens with zero attached hydrogens (tertiary/aromatic N) is 3. The van der Waals surface area contributed by atoms with Gasteiger partial charge < -0.3 is 14.0 Å². The molecule has 3 saturated carbocycles. The van der Waals surface area contributed by atoms with Gasteiger partial charge in [0.05, 0.1) is 17.9 Å². The molecular weight excluding hydrogens is 659 g/mol. The zero-order chi connectivity index (χ0) is 37.1. The molecule has 5 aliphatic rings. The number of fused-ring (bicyclic) bond motifs is 5. The monoisotopic (exact) mass is 721 g/mol. The van der Waals surface area contributed by atoms with Gasteiger partial charge in [0, 0.05) is 12.0 Å². The predicted molar refractivity (Wildman–Crippen MR) is 206 cm³/mol. The van der Waals surface area contributed by atoms with Crippen molar-refractivity contribution in [1.29, 1.82) is 0 Å². The number of imide groups is 1. The minimum absolute atomic E-state index is 0.0333. The lowest BCUT2D eigenvalue weighted by Gasteiger charge is -2.59. The number of rotatable bonds is 6. The molecule has 0 aromatic heterocycles. The number of urea groups is 2. The first kappa shape index (κ1) is 39.0. The van der Waals surface area contributed by atoms with Crippen molar-refractivity contribution in [2.24, 2.45) is 38.8 Å². The Hall–Kier alpha value is -2.25. The molecule has 0 spiro atoms. The van der Waals surface area contributed by atoms with Crippen molar-refractivity contribution in [2.75, 3.05) is 11.5 Å². The first-order valence-corrected chi connectivity index (χ1v) is 24.6. The van der Waals surface area contributed by atoms with Crippen LogP contribution in [0.25, 0.3) is 0 Å². The Morgan fingerprint density at radius 3 is 1.98 bits per heavy atom. The van der Waals surface area contributed by atoms with E-state index >= 15 is 0 Å². The second kappa shape index (κ2) is 13.6. The molecule has 0 bridgehead atoms. The van der Waals surface area contributed by atoms with Crippen LogP contribution in [0.3, 0.4) is 0 Å². The average molecular weight is 722 g/mol. The maximum atomic E-state index is 11.0. The van der Waals surface area contributed by atoms with Crippen LogP contribution in [-0.4, -0.2) is 52.6 Å². The maximum absolute atomic E-state index is 11.0. The van der Waals surface area contributed by atoms with Crippen molar-refractivity contribution in [3.63, 3.8) is 0 Å². The van der Waals surface area contributed by atoms with E-state index in [1.54, 1.807) is 41.5 Å². The summed E-state index contributed by atoms with van der Waals surface area (Å²) in [5.41, 5.74) is 4.01. The minimum Gasteiger partial charge on any atom is -0.414 e. The summed E-state index contributed by atoms with van der Waals surface area (Å²) < 4.78 is 14.5. The van der Waals surface area contributed by atoms with Gasteiger partial charge in [-0.15, -0.1) is 0 Å². The molecule has 1 aromatic carbocycles. The Balaban J connectivity index is 0.000000311. The van der Waals surface area contributed by atoms with Crippen molar-refractivity contribution < 1.29 is 23.5 Å². The van der Waals surface area contributed by atoms with Gasteiger partial charge in [0.15, 0.2) is 16.6 Å². The molecule has 3 fully saturated rings. The quantitative estimate of drug-likeness (QED) is 0.295. The van der Waals surface area contributed by atoms with E-state index in [1.165, 1.54) is 25.7 Å². The van der Waals surface area contributed by atoms with E-state index in [-0.39, 0.29) is 33.1 Å². The number of carbonyl (C=O) groups is 2. The van der Waals surface area contributed by atoms with E-state index in [1.807, 2.05) is 0 Å². The number of hydrogen-bond acceptors (Lipinski definition) is 5. The van der Waals surface area contributed by atoms with Gasteiger partial charge >= 0.3 is 12.1 Å². The van der Waals surface area contributed by atoms with Crippen LogP contribution in [0, 0.1) is 28.6 Å². The van der Waals surface area contributed by atoms with E-state index < -0.39 is 28.7 Å². The van der Waals surface area contributed by atoms with Gasteiger partial charge in [0.25, 0.3) is 0 Å². The second-order valence-electron chi connectivity index (χ2n) is 19.0. The molecule has 10 heteroatoms. The zero-order valence-electron chi connectivity index (χ0n) is 32.8. The summed E-state index contributed by atoms with van der Waals surface area (Å²) in [6.07, 6.45) is 12.3. The van der Waals surface area contributed by atoms with Crippen LogP contribution in [0.15, 0.2) is 63.9 Å². The minimum atomic E-state index is -1.98. The standard InChI is InChI=1S/C32H58O3Si2.C8H5N3O2/c1-29(2,3)36(9,10)34-24-19-22-13-15-25-26-16-14-23(21-33)31(26,7)18-17-27(25)32(22,8)28(20-24)35-37(11,12)30(4,5)6;12-7-9-10-8(13)11(7)6-4-2-1-3-5-6/h13,15,23-24,26-28,33H,14,16-21H2,1-12H3;1-5H/t23-,24-,26+,27+,28+,31-,32+;/m1./s1. The summed E-state index contributed by atoms with van der Waals surface area (Å²) in [5.74, 6) is 1.60. The molecule has 8 nitrogen and oxygen atoms in total. The fraction of sp³-hybridized carbons (Fsp3) is 0.700. The van der Waals surface area contributed by atoms with Crippen LogP contribution in [0.1, 0.15) is 93.9 Å². The predicted octanol–water partition coefficient (Wildman–Crippen LogP) is 11.1. The Labute approximate surface area is 303 Å². The van der Waals surface area contributed by atoms with Crippen molar-refractivity contribution in [2.45, 2.75) is 142 Å². The van der Waals surface area contributed by atoms with E-state index in [2.05, 4.69) is 104 Å². The van der Waals surface area contributed by atoms with Crippen LogP contribution in [0.5, 0.6) is 0 Å². The maximum Gasteiger partial charge on any atom is 0.375 e. The number of aliphatic hydroxyl groups is 1. The number of amides is 4. The van der Waals surface area contributed by atoms with Crippen LogP contribution in [0.2, 0.25) is 36.3 Å². The summed E-state index contributed by atoms with van der Waals surface area (Å²) in [7, 11) is -3.86. The number of benzene rings is 1. The Morgan fingerprint density at radius 2 is 1.42 bits per heavy atom. The highest BCUT2D eigenvalue weighted by molar-refractivity contribution is 6.74. The number of carbonyl (C=O) groups excluding carboxylic acids is 2. The third-order valence-electron chi connectivity index (χ3n) is 14.1. The second-order valence-corrected chi connectivity index (χ2v) is 28.5. The van der Waals surface area contributed by atoms with Crippen molar-refractivity contribution in [3.8, 4) is 0 Å². The van der Waals surface area contributed by atoms with E-state index in [4.69, 9.17) is 8.85 Å². The molecule has 6 rings (SSSR count). The van der Waals surface area contributed by atoms with Crippen molar-refractivity contribution in [3.05, 3.63) is 53.6 Å². The summed E-state index contributed by atoms with van der Waals surface area (Å²) in [5, 5.41) is 16.8. The molecule has 50 heavy (non-hydrogen) atoms. The van der Waals surface area contributed by atoms with Crippen LogP contribution >= 0.6 is 0 Å². The first-order chi connectivity index (χ1) is 23.1. The number of allylic oxidation sites excluding steroid dienone is 3. The average Bonchev–Trinajstić information content (AvgIpc) is 3.54. The fourth-order valence-electron chi connectivity index (χ4n) is 8.85. The van der Waals surface area contributed by atoms with E-state index in [0.717, 1.165) is 17.7 Å². The summed E-state index contributed by atoms with van der Waals surface area (Å²) in [6, 6.07) is 7.26. The highest BCUT2D eigenvalue weighted by Crippen LogP contribution is 2.65. The third-order valence-corrected chi connectivity index (χ3v) is 23.2. The molecule has 0 unspecified atom stereocenters. The van der Waals surface area contributed by atoms with Gasteiger partial charge in [-0.2, -0.15) is 0 Å². The Morgan fingerprint density at radius 1 is 0.840 bits per heavy atom. The van der Waals surface area contributed by atoms with Gasteiger partial charge in [-0.05, 0) is 110 Å². The van der Waals surface area contributed by atoms with Crippen molar-refractivity contribution >= 4 is 34.4 Å². The third kappa shape index (κ3) is 6.96. The van der Waals surface area contributed by atoms with Gasteiger partial charge in [-0.3, -0.25) is 0 Å². The van der Waals surface area contributed by atoms with E-state index in [0.29, 0.717) is 30.0 Å². The molecule has 0 radical (unpaired) electrons. The van der Waals surface area contributed by atoms with Crippen LogP contribution < -0.4 is 4.90 Å². The lowest BCUT2D eigenvalue weighted by molar-refractivity contribution is -0.0448. The molecule has 276 valence electrons. The lowest BCUT2D eigenvalue weighted by Crippen LogP contribution is -2.58. The SMILES string of the molecule is CC(C)(C)[Si](C)(C)O[C@@H]1CC2=CC=C3[C@@H]4CC[C@H](CO)[C@@]4(C)CC[C@@H]3[C@@]2(C)[C@@H](O[Si](C)(C)C(C)(C)C)C1.O=C1N=NC(=O)N1c1ccccc1. The molecule has 1 N–H and O–H groups in total. The van der Waals surface area contributed by atoms with Crippen LogP contribution in [-0.2, 0) is 8.85 Å². The number of anilines is 1. The summed E-state index contributed by atoms with van der Waals surface area (Å²) >= 11 is 0. The number of hydrogen-bond donors (Lipinski definition) is 1. The topological polar surface area (TPSA) is 101 Å². The van der Waals surface area contributed by atoms with Crippen LogP contribution in [0.4, 0.5) is 15.3 Å². The van der Waals surface area contributed by atoms with E-state index in [9.17, 15) is 14.7 Å². The van der Waals surface area contributed by atoms with Gasteiger partial charge in [0.1, 0.15) is 0 Å². The molecule has 4 amide bonds. The smallest absolute Gasteiger partial charge is 0.375 e. The molecular formula is C40H63N3O5Si2. The highest BCUT2D eigenvalue weighted by atomic mass is 28.4. The fourth-order valence-corrected chi connectivity index (χ4v) is 11.6. The summed E-state index contributed by atoms with van der Waals surface area (Å²) in [6.45, 7) is 29.2. The normalized spacial score (nSPS) is 32.8. The van der Waals surface area contributed by atoms with Gasteiger partial charge in [-0.25, -0.2) is 14.5 Å². The Bertz CT molecular complexity index is 1520. The Kier molecular flexibility index (Phi) is 10.6. The molecule has 1 aliphatic heterocycles. The highest BCUT2D eigenvalue weighted by Gasteiger charge is 2.60. The zero-order valence-corrected chi connectivity index (χ0v) is 34.8. The van der Waals surface area contributed by atoms with Gasteiger partial charge in [-0.1, -0.05) is 107 Å².